The van der Waals surface area contributed by atoms with Crippen molar-refractivity contribution in [1.82, 2.24) is 5.32 Å². The van der Waals surface area contributed by atoms with Crippen molar-refractivity contribution in [2.75, 3.05) is 5.32 Å². The number of anilines is 1. The molecule has 3 nitrogen and oxygen atoms in total. The van der Waals surface area contributed by atoms with Gasteiger partial charge in [-0.1, -0.05) is 54.2 Å². The van der Waals surface area contributed by atoms with Gasteiger partial charge in [0.05, 0.1) is 0 Å². The molecule has 0 spiro atoms. The highest BCUT2D eigenvalue weighted by Crippen LogP contribution is 2.14. The van der Waals surface area contributed by atoms with E-state index in [1.807, 2.05) is 37.3 Å². The maximum atomic E-state index is 12.0. The third kappa shape index (κ3) is 4.55. The van der Waals surface area contributed by atoms with E-state index in [9.17, 15) is 4.79 Å². The number of carbonyl (C=O) groups is 1. The minimum atomic E-state index is -0.338. The summed E-state index contributed by atoms with van der Waals surface area (Å²) in [5.74, 6) is -0.338. The summed E-state index contributed by atoms with van der Waals surface area (Å²) in [7, 11) is 0. The molecule has 0 heterocycles. The second-order valence-electron chi connectivity index (χ2n) is 4.57. The lowest BCUT2D eigenvalue weighted by Gasteiger charge is -2.16. The zero-order valence-electron chi connectivity index (χ0n) is 11.5. The SMILES string of the molecule is CC(NC(=S)C(=O)Nc1ccc(Cl)cc1)c1ccccc1. The Morgan fingerprint density at radius 3 is 2.33 bits per heavy atom. The Balaban J connectivity index is 1.93. The molecule has 5 heteroatoms. The Bertz CT molecular complexity index is 628. The predicted octanol–water partition coefficient (Wildman–Crippen LogP) is 3.96. The molecule has 0 aliphatic rings. The van der Waals surface area contributed by atoms with Gasteiger partial charge in [0.15, 0.2) is 4.99 Å². The van der Waals surface area contributed by atoms with Crippen molar-refractivity contribution in [3.05, 3.63) is 65.2 Å². The largest absolute Gasteiger partial charge is 0.365 e. The molecule has 0 radical (unpaired) electrons. The summed E-state index contributed by atoms with van der Waals surface area (Å²) in [6, 6.07) is 16.6. The standard InChI is InChI=1S/C16H15ClN2OS/c1-11(12-5-3-2-4-6-12)18-16(21)15(20)19-14-9-7-13(17)8-10-14/h2-11H,1H3,(H,18,21)(H,19,20). The van der Waals surface area contributed by atoms with Crippen LogP contribution < -0.4 is 10.6 Å². The number of halogens is 1. The molecule has 0 saturated carbocycles. The highest BCUT2D eigenvalue weighted by Gasteiger charge is 2.13. The van der Waals surface area contributed by atoms with Gasteiger partial charge >= 0.3 is 0 Å². The van der Waals surface area contributed by atoms with Crippen LogP contribution in [0.15, 0.2) is 54.6 Å². The molecule has 0 aliphatic heterocycles. The maximum Gasteiger partial charge on any atom is 0.283 e. The molecule has 2 aromatic carbocycles. The van der Waals surface area contributed by atoms with E-state index in [1.54, 1.807) is 24.3 Å². The first-order valence-electron chi connectivity index (χ1n) is 6.48. The topological polar surface area (TPSA) is 41.1 Å². The van der Waals surface area contributed by atoms with Crippen molar-refractivity contribution in [2.24, 2.45) is 0 Å². The highest BCUT2D eigenvalue weighted by molar-refractivity contribution is 7.82. The minimum Gasteiger partial charge on any atom is -0.365 e. The normalized spacial score (nSPS) is 11.5. The van der Waals surface area contributed by atoms with Crippen molar-refractivity contribution >= 4 is 40.4 Å². The first-order valence-corrected chi connectivity index (χ1v) is 7.27. The van der Waals surface area contributed by atoms with Gasteiger partial charge in [0.25, 0.3) is 5.91 Å². The van der Waals surface area contributed by atoms with Crippen molar-refractivity contribution < 1.29 is 4.79 Å². The Kier molecular flexibility index (Phi) is 5.31. The fourth-order valence-corrected chi connectivity index (χ4v) is 2.16. The van der Waals surface area contributed by atoms with Crippen LogP contribution >= 0.6 is 23.8 Å². The summed E-state index contributed by atoms with van der Waals surface area (Å²) in [4.78, 5) is 12.2. The smallest absolute Gasteiger partial charge is 0.283 e. The van der Waals surface area contributed by atoms with Crippen LogP contribution in [-0.4, -0.2) is 10.9 Å². The van der Waals surface area contributed by atoms with Gasteiger partial charge in [0, 0.05) is 16.8 Å². The van der Waals surface area contributed by atoms with Gasteiger partial charge in [-0.25, -0.2) is 0 Å². The molecular weight excluding hydrogens is 304 g/mol. The molecule has 2 N–H and O–H groups in total. The number of carbonyl (C=O) groups excluding carboxylic acids is 1. The van der Waals surface area contributed by atoms with E-state index in [4.69, 9.17) is 23.8 Å². The summed E-state index contributed by atoms with van der Waals surface area (Å²) >= 11 is 10.9. The quantitative estimate of drug-likeness (QED) is 0.842. The Hall–Kier alpha value is -1.91. The van der Waals surface area contributed by atoms with Crippen molar-refractivity contribution in [3.63, 3.8) is 0 Å². The molecule has 1 amide bonds. The second kappa shape index (κ2) is 7.20. The summed E-state index contributed by atoms with van der Waals surface area (Å²) in [6.07, 6.45) is 0. The van der Waals surface area contributed by atoms with Crippen molar-refractivity contribution in [1.29, 1.82) is 0 Å². The molecule has 1 atom stereocenters. The van der Waals surface area contributed by atoms with Gasteiger partial charge in [-0.2, -0.15) is 0 Å². The minimum absolute atomic E-state index is 0.0327. The zero-order chi connectivity index (χ0) is 15.2. The van der Waals surface area contributed by atoms with E-state index in [2.05, 4.69) is 10.6 Å². The predicted molar refractivity (Wildman–Crippen MR) is 90.7 cm³/mol. The van der Waals surface area contributed by atoms with Gasteiger partial charge < -0.3 is 10.6 Å². The van der Waals surface area contributed by atoms with E-state index in [-0.39, 0.29) is 16.9 Å². The summed E-state index contributed by atoms with van der Waals surface area (Å²) in [5.41, 5.74) is 1.72. The Labute approximate surface area is 134 Å². The number of rotatable bonds is 3. The van der Waals surface area contributed by atoms with Gasteiger partial charge in [-0.15, -0.1) is 0 Å². The van der Waals surface area contributed by atoms with Crippen LogP contribution in [-0.2, 0) is 4.79 Å². The average Bonchev–Trinajstić information content (AvgIpc) is 2.50. The van der Waals surface area contributed by atoms with Crippen LogP contribution in [0.25, 0.3) is 0 Å². The van der Waals surface area contributed by atoms with Gasteiger partial charge in [0.1, 0.15) is 0 Å². The van der Waals surface area contributed by atoms with Crippen LogP contribution in [0.2, 0.25) is 5.02 Å². The van der Waals surface area contributed by atoms with E-state index in [0.29, 0.717) is 10.7 Å². The number of thiocarbonyl (C=S) groups is 1. The summed E-state index contributed by atoms with van der Waals surface area (Å²) < 4.78 is 0. The first-order chi connectivity index (χ1) is 10.1. The summed E-state index contributed by atoms with van der Waals surface area (Å²) in [5, 5.41) is 6.36. The number of hydrogen-bond donors (Lipinski definition) is 2. The number of benzene rings is 2. The third-order valence-electron chi connectivity index (χ3n) is 2.96. The number of nitrogens with one attached hydrogen (secondary N) is 2. The van der Waals surface area contributed by atoms with Gasteiger partial charge in [-0.3, -0.25) is 4.79 Å². The average molecular weight is 319 g/mol. The van der Waals surface area contributed by atoms with Gasteiger partial charge in [-0.05, 0) is 36.8 Å². The molecule has 0 aliphatic carbocycles. The van der Waals surface area contributed by atoms with Crippen molar-refractivity contribution in [3.8, 4) is 0 Å². The molecule has 1 unspecified atom stereocenters. The van der Waals surface area contributed by atoms with E-state index in [0.717, 1.165) is 5.56 Å². The number of amides is 1. The van der Waals surface area contributed by atoms with E-state index < -0.39 is 0 Å². The lowest BCUT2D eigenvalue weighted by molar-refractivity contribution is -0.110. The molecule has 0 bridgehead atoms. The molecule has 0 saturated heterocycles. The fourth-order valence-electron chi connectivity index (χ4n) is 1.81. The molecule has 2 rings (SSSR count). The molecule has 0 aromatic heterocycles. The molecule has 0 fully saturated rings. The van der Waals surface area contributed by atoms with Crippen LogP contribution in [0.4, 0.5) is 5.69 Å². The first kappa shape index (κ1) is 15.5. The lowest BCUT2D eigenvalue weighted by Crippen LogP contribution is -2.35. The molecule has 108 valence electrons. The number of hydrogen-bond acceptors (Lipinski definition) is 2. The third-order valence-corrected chi connectivity index (χ3v) is 3.51. The molecule has 2 aromatic rings. The molecular formula is C16H15ClN2OS. The van der Waals surface area contributed by atoms with Crippen LogP contribution in [0.1, 0.15) is 18.5 Å². The Morgan fingerprint density at radius 2 is 1.71 bits per heavy atom. The van der Waals surface area contributed by atoms with Crippen LogP contribution in [0.3, 0.4) is 0 Å². The van der Waals surface area contributed by atoms with Gasteiger partial charge in [0.2, 0.25) is 0 Å². The van der Waals surface area contributed by atoms with Crippen LogP contribution in [0.5, 0.6) is 0 Å². The Morgan fingerprint density at radius 1 is 1.10 bits per heavy atom. The van der Waals surface area contributed by atoms with E-state index in [1.165, 1.54) is 0 Å². The zero-order valence-corrected chi connectivity index (χ0v) is 13.0. The highest BCUT2D eigenvalue weighted by atomic mass is 35.5. The molecule has 21 heavy (non-hydrogen) atoms. The fraction of sp³-hybridized carbons (Fsp3) is 0.125. The lowest BCUT2D eigenvalue weighted by atomic mass is 10.1. The van der Waals surface area contributed by atoms with Crippen molar-refractivity contribution in [2.45, 2.75) is 13.0 Å². The summed E-state index contributed by atoms with van der Waals surface area (Å²) in [6.45, 7) is 1.96. The maximum absolute atomic E-state index is 12.0. The monoisotopic (exact) mass is 318 g/mol. The van der Waals surface area contributed by atoms with E-state index >= 15 is 0 Å². The van der Waals surface area contributed by atoms with Crippen LogP contribution in [0, 0.1) is 0 Å². The second-order valence-corrected chi connectivity index (χ2v) is 5.41.